The number of carbonyl (C=O) groups excluding carboxylic acids is 3. The summed E-state index contributed by atoms with van der Waals surface area (Å²) in [7, 11) is 0. The lowest BCUT2D eigenvalue weighted by Gasteiger charge is -2.33. The number of aryl methyl sites for hydroxylation is 1. The van der Waals surface area contributed by atoms with Crippen LogP contribution in [0.4, 0.5) is 10.5 Å². The van der Waals surface area contributed by atoms with Crippen molar-refractivity contribution in [1.82, 2.24) is 10.2 Å². The van der Waals surface area contributed by atoms with Crippen LogP contribution in [0.3, 0.4) is 0 Å². The molecule has 3 amide bonds. The Morgan fingerprint density at radius 3 is 2.62 bits per heavy atom. The van der Waals surface area contributed by atoms with Gasteiger partial charge in [-0.1, -0.05) is 37.3 Å². The molecule has 0 saturated heterocycles. The average molecular weight is 435 g/mol. The summed E-state index contributed by atoms with van der Waals surface area (Å²) in [6, 6.07) is 13.6. The summed E-state index contributed by atoms with van der Waals surface area (Å²) >= 11 is 0. The van der Waals surface area contributed by atoms with E-state index in [1.165, 1.54) is 4.90 Å². The Labute approximate surface area is 186 Å². The second-order valence-electron chi connectivity index (χ2n) is 7.47. The minimum atomic E-state index is -0.712. The molecule has 2 N–H and O–H groups in total. The summed E-state index contributed by atoms with van der Waals surface area (Å²) in [4.78, 5) is 39.4. The van der Waals surface area contributed by atoms with Crippen LogP contribution in [0.1, 0.15) is 31.0 Å². The minimum Gasteiger partial charge on any atom is -0.494 e. The van der Waals surface area contributed by atoms with Gasteiger partial charge in [0.2, 0.25) is 5.91 Å². The zero-order valence-corrected chi connectivity index (χ0v) is 18.0. The van der Waals surface area contributed by atoms with E-state index in [1.807, 2.05) is 43.3 Å². The predicted molar refractivity (Wildman–Crippen MR) is 118 cm³/mol. The molecule has 0 unspecified atom stereocenters. The predicted octanol–water partition coefficient (Wildman–Crippen LogP) is 3.16. The number of hydrogen-bond acceptors (Lipinski definition) is 5. The van der Waals surface area contributed by atoms with E-state index >= 15 is 0 Å². The van der Waals surface area contributed by atoms with Crippen LogP contribution in [0.25, 0.3) is 0 Å². The molecule has 0 fully saturated rings. The monoisotopic (exact) mass is 435 g/mol. The lowest BCUT2D eigenvalue weighted by atomic mass is 9.95. The van der Waals surface area contributed by atoms with Crippen molar-refractivity contribution in [3.63, 3.8) is 0 Å². The van der Waals surface area contributed by atoms with Gasteiger partial charge in [0, 0.05) is 11.3 Å². The number of esters is 1. The molecule has 1 atom stereocenters. The molecule has 0 aromatic heterocycles. The van der Waals surface area contributed by atoms with Crippen molar-refractivity contribution in [2.75, 3.05) is 25.1 Å². The largest absolute Gasteiger partial charge is 0.494 e. The first kappa shape index (κ1) is 21.4. The lowest BCUT2D eigenvalue weighted by molar-refractivity contribution is -0.136. The van der Waals surface area contributed by atoms with Crippen LogP contribution in [0, 0.1) is 0 Å². The Hall–Kier alpha value is -3.81. The van der Waals surface area contributed by atoms with E-state index < -0.39 is 18.0 Å². The van der Waals surface area contributed by atoms with Crippen LogP contribution in [0.2, 0.25) is 0 Å². The van der Waals surface area contributed by atoms with Gasteiger partial charge in [0.05, 0.1) is 23.9 Å². The van der Waals surface area contributed by atoms with Crippen LogP contribution in [0.15, 0.2) is 59.8 Å². The fraction of sp³-hybridized carbons (Fsp3) is 0.292. The van der Waals surface area contributed by atoms with Crippen LogP contribution >= 0.6 is 0 Å². The van der Waals surface area contributed by atoms with Crippen molar-refractivity contribution in [2.45, 2.75) is 26.3 Å². The highest BCUT2D eigenvalue weighted by Crippen LogP contribution is 2.38. The van der Waals surface area contributed by atoms with E-state index in [-0.39, 0.29) is 19.1 Å². The van der Waals surface area contributed by atoms with E-state index in [1.54, 1.807) is 12.1 Å². The second kappa shape index (κ2) is 9.13. The van der Waals surface area contributed by atoms with Gasteiger partial charge < -0.3 is 20.1 Å². The van der Waals surface area contributed by atoms with E-state index in [4.69, 9.17) is 9.47 Å². The van der Waals surface area contributed by atoms with Crippen LogP contribution in [-0.2, 0) is 20.7 Å². The number of rotatable bonds is 7. The van der Waals surface area contributed by atoms with Gasteiger partial charge in [0.1, 0.15) is 18.9 Å². The van der Waals surface area contributed by atoms with Crippen molar-refractivity contribution in [2.24, 2.45) is 0 Å². The number of cyclic esters (lactones) is 1. The number of nitrogens with one attached hydrogen (secondary N) is 2. The molecule has 8 nitrogen and oxygen atoms in total. The smallest absolute Gasteiger partial charge is 0.338 e. The first-order chi connectivity index (χ1) is 15.5. The molecule has 32 heavy (non-hydrogen) atoms. The molecule has 4 rings (SSSR count). The second-order valence-corrected chi connectivity index (χ2v) is 7.47. The van der Waals surface area contributed by atoms with Gasteiger partial charge in [-0.05, 0) is 37.1 Å². The summed E-state index contributed by atoms with van der Waals surface area (Å²) in [5, 5.41) is 5.63. The summed E-state index contributed by atoms with van der Waals surface area (Å²) in [5.74, 6) is -0.311. The quantitative estimate of drug-likeness (QED) is 0.651. The Kier molecular flexibility index (Phi) is 6.11. The molecule has 2 heterocycles. The molecule has 2 aliphatic heterocycles. The molecule has 166 valence electrons. The molecular formula is C24H25N3O5. The van der Waals surface area contributed by atoms with Gasteiger partial charge in [0.25, 0.3) is 0 Å². The van der Waals surface area contributed by atoms with E-state index in [0.717, 1.165) is 12.0 Å². The molecule has 2 aliphatic rings. The van der Waals surface area contributed by atoms with Gasteiger partial charge in [-0.3, -0.25) is 9.69 Å². The third-order valence-electron chi connectivity index (χ3n) is 5.48. The van der Waals surface area contributed by atoms with Crippen LogP contribution in [-0.4, -0.2) is 42.6 Å². The molecular weight excluding hydrogens is 410 g/mol. The number of hydrogen-bond donors (Lipinski definition) is 2. The Morgan fingerprint density at radius 1 is 1.16 bits per heavy atom. The molecule has 8 heteroatoms. The van der Waals surface area contributed by atoms with Crippen molar-refractivity contribution in [3.8, 4) is 5.75 Å². The van der Waals surface area contributed by atoms with Gasteiger partial charge in [-0.25, -0.2) is 9.59 Å². The SMILES string of the molecule is CCOc1ccccc1[C@@H]1NC(=O)N(CC(=O)Nc2ccc(CC)cc2)C2=C1C(=O)OC2. The summed E-state index contributed by atoms with van der Waals surface area (Å²) < 4.78 is 10.9. The highest BCUT2D eigenvalue weighted by atomic mass is 16.5. The van der Waals surface area contributed by atoms with E-state index in [9.17, 15) is 14.4 Å². The Bertz CT molecular complexity index is 1080. The number of para-hydroxylation sites is 1. The molecule has 0 saturated carbocycles. The fourth-order valence-corrected chi connectivity index (χ4v) is 3.89. The molecule has 2 aromatic carbocycles. The van der Waals surface area contributed by atoms with Crippen molar-refractivity contribution < 1.29 is 23.9 Å². The summed E-state index contributed by atoms with van der Waals surface area (Å²) in [5.41, 5.74) is 3.17. The zero-order chi connectivity index (χ0) is 22.7. The highest BCUT2D eigenvalue weighted by Gasteiger charge is 2.43. The molecule has 0 bridgehead atoms. The maximum absolute atomic E-state index is 13.0. The first-order valence-electron chi connectivity index (χ1n) is 10.6. The van der Waals surface area contributed by atoms with Gasteiger partial charge in [-0.15, -0.1) is 0 Å². The minimum absolute atomic E-state index is 0.0621. The van der Waals surface area contributed by atoms with Crippen molar-refractivity contribution in [3.05, 3.63) is 70.9 Å². The van der Waals surface area contributed by atoms with Crippen LogP contribution < -0.4 is 15.4 Å². The molecule has 0 spiro atoms. The fourth-order valence-electron chi connectivity index (χ4n) is 3.89. The Morgan fingerprint density at radius 2 is 1.91 bits per heavy atom. The number of ether oxygens (including phenoxy) is 2. The number of urea groups is 1. The van der Waals surface area contributed by atoms with E-state index in [0.29, 0.717) is 34.9 Å². The van der Waals surface area contributed by atoms with Gasteiger partial charge >= 0.3 is 12.0 Å². The number of carbonyl (C=O) groups is 3. The highest BCUT2D eigenvalue weighted by molar-refractivity contribution is 6.00. The number of benzene rings is 2. The van der Waals surface area contributed by atoms with Gasteiger partial charge in [0.15, 0.2) is 0 Å². The third kappa shape index (κ3) is 4.16. The molecule has 0 radical (unpaired) electrons. The summed E-state index contributed by atoms with van der Waals surface area (Å²) in [6.45, 7) is 4.06. The average Bonchev–Trinajstić information content (AvgIpc) is 3.18. The summed E-state index contributed by atoms with van der Waals surface area (Å²) in [6.07, 6.45) is 0.903. The standard InChI is InChI=1S/C24H25N3O5/c1-3-15-9-11-16(12-10-15)25-20(28)13-27-18-14-32-23(29)21(18)22(26-24(27)30)17-7-5-6-8-19(17)31-4-2/h5-12,22H,3-4,13-14H2,1-2H3,(H,25,28)(H,26,30)/t22-/m0/s1. The topological polar surface area (TPSA) is 97.0 Å². The van der Waals surface area contributed by atoms with Crippen molar-refractivity contribution in [1.29, 1.82) is 0 Å². The first-order valence-corrected chi connectivity index (χ1v) is 10.6. The number of amides is 3. The molecule has 0 aliphatic carbocycles. The van der Waals surface area contributed by atoms with Gasteiger partial charge in [-0.2, -0.15) is 0 Å². The third-order valence-corrected chi connectivity index (χ3v) is 5.48. The number of anilines is 1. The lowest BCUT2D eigenvalue weighted by Crippen LogP contribution is -2.49. The number of nitrogens with zero attached hydrogens (tertiary/aromatic N) is 1. The van der Waals surface area contributed by atoms with Crippen molar-refractivity contribution >= 4 is 23.6 Å². The normalized spacial score (nSPS) is 17.6. The van der Waals surface area contributed by atoms with E-state index in [2.05, 4.69) is 17.6 Å². The Balaban J connectivity index is 1.58. The molecule has 2 aromatic rings. The maximum atomic E-state index is 13.0. The maximum Gasteiger partial charge on any atom is 0.338 e. The van der Waals surface area contributed by atoms with Crippen LogP contribution in [0.5, 0.6) is 5.75 Å². The zero-order valence-electron chi connectivity index (χ0n) is 18.0.